The molecule has 0 N–H and O–H groups in total. The van der Waals surface area contributed by atoms with Gasteiger partial charge in [-0.05, 0) is 17.8 Å². The van der Waals surface area contributed by atoms with Crippen LogP contribution in [-0.2, 0) is 0 Å². The summed E-state index contributed by atoms with van der Waals surface area (Å²) in [6, 6.07) is 0. The highest BCUT2D eigenvalue weighted by Gasteiger charge is 2.11. The summed E-state index contributed by atoms with van der Waals surface area (Å²) in [5.41, 5.74) is 2.00. The predicted molar refractivity (Wildman–Crippen MR) is 61.8 cm³/mol. The van der Waals surface area contributed by atoms with Crippen molar-refractivity contribution in [2.45, 2.75) is 48.5 Å². The molecule has 0 aromatic heterocycles. The van der Waals surface area contributed by atoms with Crippen molar-refractivity contribution < 1.29 is 0 Å². The van der Waals surface area contributed by atoms with Crippen molar-refractivity contribution in [2.75, 3.05) is 0 Å². The van der Waals surface area contributed by atoms with Gasteiger partial charge in [-0.1, -0.05) is 65.3 Å². The maximum absolute atomic E-state index is 2.24. The molecule has 0 spiro atoms. The molecule has 0 unspecified atom stereocenters. The van der Waals surface area contributed by atoms with E-state index < -0.39 is 0 Å². The Morgan fingerprint density at radius 2 is 1.38 bits per heavy atom. The average Bonchev–Trinajstić information content (AvgIpc) is 1.82. The summed E-state index contributed by atoms with van der Waals surface area (Å²) in [7, 11) is 0. The zero-order chi connectivity index (χ0) is 10.7. The van der Waals surface area contributed by atoms with Gasteiger partial charge in [0.15, 0.2) is 0 Å². The molecule has 0 bridgehead atoms. The second kappa shape index (κ2) is 4.13. The molecule has 0 aliphatic rings. The smallest absolute Gasteiger partial charge is 0.0173 e. The molecule has 0 rings (SSSR count). The molecule has 0 nitrogen and oxygen atoms in total. The number of hydrogen-bond donors (Lipinski definition) is 0. The van der Waals surface area contributed by atoms with E-state index in [1.54, 1.807) is 0 Å². The molecule has 0 heterocycles. The Balaban J connectivity index is 4.37. The summed E-state index contributed by atoms with van der Waals surface area (Å²) in [6.45, 7) is 15.5. The van der Waals surface area contributed by atoms with Gasteiger partial charge in [0.1, 0.15) is 0 Å². The third-order valence-corrected chi connectivity index (χ3v) is 2.13. The summed E-state index contributed by atoms with van der Waals surface area (Å²) >= 11 is 0. The zero-order valence-electron chi connectivity index (χ0n) is 10.2. The molecule has 0 atom stereocenters. The van der Waals surface area contributed by atoms with E-state index in [1.165, 1.54) is 5.57 Å². The molecule has 0 aliphatic carbocycles. The van der Waals surface area contributed by atoms with Crippen LogP contribution in [0.2, 0.25) is 0 Å². The maximum Gasteiger partial charge on any atom is -0.0173 e. The van der Waals surface area contributed by atoms with E-state index in [0.717, 1.165) is 0 Å². The fourth-order valence-electron chi connectivity index (χ4n) is 0.731. The van der Waals surface area contributed by atoms with E-state index in [0.29, 0.717) is 5.41 Å². The van der Waals surface area contributed by atoms with Crippen LogP contribution in [0.3, 0.4) is 0 Å². The molecule has 0 amide bonds. The Labute approximate surface area is 83.7 Å². The van der Waals surface area contributed by atoms with Crippen molar-refractivity contribution >= 4 is 0 Å². The van der Waals surface area contributed by atoms with Crippen molar-refractivity contribution in [2.24, 2.45) is 10.8 Å². The summed E-state index contributed by atoms with van der Waals surface area (Å²) in [5, 5.41) is 0. The number of allylic oxidation sites excluding steroid dienone is 4. The molecule has 0 aromatic carbocycles. The van der Waals surface area contributed by atoms with Crippen LogP contribution in [0.1, 0.15) is 48.5 Å². The van der Waals surface area contributed by atoms with Crippen LogP contribution in [0.5, 0.6) is 0 Å². The van der Waals surface area contributed by atoms with Gasteiger partial charge in [0.25, 0.3) is 0 Å². The van der Waals surface area contributed by atoms with E-state index in [1.807, 2.05) is 0 Å². The summed E-state index contributed by atoms with van der Waals surface area (Å²) in [5.74, 6) is 0. The van der Waals surface area contributed by atoms with Gasteiger partial charge in [0.2, 0.25) is 0 Å². The molecule has 0 fully saturated rings. The van der Waals surface area contributed by atoms with Gasteiger partial charge in [-0.3, -0.25) is 0 Å². The minimum absolute atomic E-state index is 0.286. The third-order valence-electron chi connectivity index (χ3n) is 2.13. The summed E-state index contributed by atoms with van der Waals surface area (Å²) < 4.78 is 0. The van der Waals surface area contributed by atoms with E-state index >= 15 is 0 Å². The highest BCUT2D eigenvalue weighted by Crippen LogP contribution is 2.24. The van der Waals surface area contributed by atoms with Crippen LogP contribution in [0.4, 0.5) is 0 Å². The fourth-order valence-corrected chi connectivity index (χ4v) is 0.731. The summed E-state index contributed by atoms with van der Waals surface area (Å²) in [6.07, 6.45) is 6.62. The van der Waals surface area contributed by atoms with Crippen LogP contribution in [0.25, 0.3) is 0 Å². The molecule has 13 heavy (non-hydrogen) atoms. The second-order valence-corrected chi connectivity index (χ2v) is 5.82. The van der Waals surface area contributed by atoms with Crippen molar-refractivity contribution in [1.29, 1.82) is 0 Å². The highest BCUT2D eigenvalue weighted by atomic mass is 14.2. The van der Waals surface area contributed by atoms with Gasteiger partial charge < -0.3 is 0 Å². The molecule has 0 saturated heterocycles. The van der Waals surface area contributed by atoms with Crippen molar-refractivity contribution in [1.82, 2.24) is 0 Å². The lowest BCUT2D eigenvalue weighted by atomic mass is 9.87. The second-order valence-electron chi connectivity index (χ2n) is 5.82. The largest absolute Gasteiger partial charge is 0.0791 e. The normalized spacial score (nSPS) is 15.5. The standard InChI is InChI=1S/C13H24/c1-11(13(5,6)7)9-8-10-12(2,3)4/h8-10H,1-7H3/b10-8?,11-9-. The first kappa shape index (κ1) is 12.5. The van der Waals surface area contributed by atoms with Gasteiger partial charge >= 0.3 is 0 Å². The van der Waals surface area contributed by atoms with Crippen LogP contribution in [0, 0.1) is 10.8 Å². The van der Waals surface area contributed by atoms with Gasteiger partial charge in [-0.2, -0.15) is 0 Å². The predicted octanol–water partition coefficient (Wildman–Crippen LogP) is 4.58. The quantitative estimate of drug-likeness (QED) is 0.518. The molecular weight excluding hydrogens is 156 g/mol. The molecule has 0 saturated carbocycles. The first-order chi connectivity index (χ1) is 5.63. The Hall–Kier alpha value is -0.520. The SMILES string of the molecule is C/C(=C/C=CC(C)(C)C)C(C)(C)C. The topological polar surface area (TPSA) is 0 Å². The van der Waals surface area contributed by atoms with Gasteiger partial charge in [-0.15, -0.1) is 0 Å². The Morgan fingerprint density at radius 1 is 0.923 bits per heavy atom. The number of rotatable bonds is 1. The molecule has 0 radical (unpaired) electrons. The molecule has 0 aromatic rings. The minimum Gasteiger partial charge on any atom is -0.0791 e. The lowest BCUT2D eigenvalue weighted by molar-refractivity contribution is 0.503. The minimum atomic E-state index is 0.286. The highest BCUT2D eigenvalue weighted by molar-refractivity contribution is 5.16. The van der Waals surface area contributed by atoms with E-state index in [2.05, 4.69) is 66.7 Å². The lowest BCUT2D eigenvalue weighted by Crippen LogP contribution is -2.06. The molecule has 0 heteroatoms. The van der Waals surface area contributed by atoms with Crippen molar-refractivity contribution in [3.8, 4) is 0 Å². The first-order valence-electron chi connectivity index (χ1n) is 4.99. The maximum atomic E-state index is 2.24. The van der Waals surface area contributed by atoms with Crippen molar-refractivity contribution in [3.05, 3.63) is 23.8 Å². The third kappa shape index (κ3) is 6.62. The first-order valence-corrected chi connectivity index (χ1v) is 4.99. The van der Waals surface area contributed by atoms with Crippen LogP contribution in [-0.4, -0.2) is 0 Å². The van der Waals surface area contributed by atoms with E-state index in [9.17, 15) is 0 Å². The Morgan fingerprint density at radius 3 is 1.69 bits per heavy atom. The van der Waals surface area contributed by atoms with E-state index in [-0.39, 0.29) is 5.41 Å². The Bertz CT molecular complexity index is 203. The molecule has 0 aliphatic heterocycles. The van der Waals surface area contributed by atoms with E-state index in [4.69, 9.17) is 0 Å². The Kier molecular flexibility index (Phi) is 3.96. The molecule has 76 valence electrons. The number of hydrogen-bond acceptors (Lipinski definition) is 0. The van der Waals surface area contributed by atoms with Crippen molar-refractivity contribution in [3.63, 3.8) is 0 Å². The average molecular weight is 180 g/mol. The zero-order valence-corrected chi connectivity index (χ0v) is 10.2. The van der Waals surface area contributed by atoms with Gasteiger partial charge in [0.05, 0.1) is 0 Å². The van der Waals surface area contributed by atoms with Gasteiger partial charge in [-0.25, -0.2) is 0 Å². The fraction of sp³-hybridized carbons (Fsp3) is 0.692. The van der Waals surface area contributed by atoms with Crippen LogP contribution < -0.4 is 0 Å². The molecular formula is C13H24. The monoisotopic (exact) mass is 180 g/mol. The lowest BCUT2D eigenvalue weighted by Gasteiger charge is -2.19. The summed E-state index contributed by atoms with van der Waals surface area (Å²) in [4.78, 5) is 0. The van der Waals surface area contributed by atoms with Crippen LogP contribution >= 0.6 is 0 Å². The van der Waals surface area contributed by atoms with Crippen LogP contribution in [0.15, 0.2) is 23.8 Å². The van der Waals surface area contributed by atoms with Gasteiger partial charge in [0, 0.05) is 0 Å².